The van der Waals surface area contributed by atoms with Gasteiger partial charge in [0.2, 0.25) is 5.75 Å². The number of aromatic nitrogens is 2. The van der Waals surface area contributed by atoms with Crippen LogP contribution in [0.1, 0.15) is 0 Å². The van der Waals surface area contributed by atoms with Crippen LogP contribution in [0.5, 0.6) is 17.4 Å². The molecule has 2 aromatic rings. The van der Waals surface area contributed by atoms with E-state index >= 15 is 0 Å². The van der Waals surface area contributed by atoms with Crippen LogP contribution in [0.25, 0.3) is 0 Å². The number of anilines is 1. The zero-order valence-corrected chi connectivity index (χ0v) is 9.94. The van der Waals surface area contributed by atoms with E-state index in [9.17, 15) is 10.1 Å². The first-order valence-corrected chi connectivity index (χ1v) is 5.18. The smallest absolute Gasteiger partial charge is 0.273 e. The van der Waals surface area contributed by atoms with Crippen molar-refractivity contribution in [3.05, 3.63) is 40.7 Å². The molecule has 8 heteroatoms. The maximum absolute atomic E-state index is 10.7. The molecule has 0 aliphatic heterocycles. The monoisotopic (exact) mass is 262 g/mol. The minimum atomic E-state index is -0.515. The fourth-order valence-electron chi connectivity index (χ4n) is 1.41. The van der Waals surface area contributed by atoms with Crippen molar-refractivity contribution in [3.63, 3.8) is 0 Å². The number of non-ortho nitro benzene ring substituents is 1. The van der Waals surface area contributed by atoms with Gasteiger partial charge >= 0.3 is 0 Å². The van der Waals surface area contributed by atoms with Crippen molar-refractivity contribution >= 4 is 11.5 Å². The SMILES string of the molecule is COc1c(N)ncnc1Oc1cccc([N+](=O)[O-])c1. The van der Waals surface area contributed by atoms with Gasteiger partial charge in [0.05, 0.1) is 18.1 Å². The maximum Gasteiger partial charge on any atom is 0.273 e. The average Bonchev–Trinajstić information content (AvgIpc) is 2.39. The Balaban J connectivity index is 2.33. The first-order valence-electron chi connectivity index (χ1n) is 5.18. The normalized spacial score (nSPS) is 9.95. The summed E-state index contributed by atoms with van der Waals surface area (Å²) < 4.78 is 10.4. The topological polar surface area (TPSA) is 113 Å². The molecule has 0 aliphatic carbocycles. The zero-order chi connectivity index (χ0) is 13.8. The molecule has 0 amide bonds. The lowest BCUT2D eigenvalue weighted by Gasteiger charge is -2.09. The Labute approximate surface area is 108 Å². The third-order valence-corrected chi connectivity index (χ3v) is 2.25. The molecule has 98 valence electrons. The number of nitro benzene ring substituents is 1. The summed E-state index contributed by atoms with van der Waals surface area (Å²) in [4.78, 5) is 17.8. The van der Waals surface area contributed by atoms with Gasteiger partial charge in [-0.3, -0.25) is 10.1 Å². The Kier molecular flexibility index (Phi) is 3.42. The number of nitrogens with zero attached hydrogens (tertiary/aromatic N) is 3. The standard InChI is InChI=1S/C11H10N4O4/c1-18-9-10(12)13-6-14-11(9)19-8-4-2-3-7(5-8)15(16)17/h2-6H,1H3,(H2,12,13,14). The minimum absolute atomic E-state index is 0.0847. The van der Waals surface area contributed by atoms with Crippen LogP contribution in [0.2, 0.25) is 0 Å². The molecule has 19 heavy (non-hydrogen) atoms. The van der Waals surface area contributed by atoms with Crippen LogP contribution in [0.15, 0.2) is 30.6 Å². The number of benzene rings is 1. The van der Waals surface area contributed by atoms with Crippen molar-refractivity contribution in [2.75, 3.05) is 12.8 Å². The highest BCUT2D eigenvalue weighted by atomic mass is 16.6. The van der Waals surface area contributed by atoms with E-state index in [1.807, 2.05) is 0 Å². The van der Waals surface area contributed by atoms with Gasteiger partial charge in [-0.05, 0) is 6.07 Å². The Morgan fingerprint density at radius 3 is 2.84 bits per heavy atom. The van der Waals surface area contributed by atoms with E-state index in [1.54, 1.807) is 6.07 Å². The molecule has 0 bridgehead atoms. The molecular formula is C11H10N4O4. The van der Waals surface area contributed by atoms with Gasteiger partial charge in [0.25, 0.3) is 11.6 Å². The minimum Gasteiger partial charge on any atom is -0.489 e. The van der Waals surface area contributed by atoms with Gasteiger partial charge in [-0.2, -0.15) is 4.98 Å². The second-order valence-electron chi connectivity index (χ2n) is 3.45. The van der Waals surface area contributed by atoms with Gasteiger partial charge in [-0.15, -0.1) is 0 Å². The largest absolute Gasteiger partial charge is 0.489 e. The van der Waals surface area contributed by atoms with E-state index in [4.69, 9.17) is 15.2 Å². The van der Waals surface area contributed by atoms with Crippen LogP contribution in [0, 0.1) is 10.1 Å². The molecule has 1 aromatic heterocycles. The molecule has 2 N–H and O–H groups in total. The van der Waals surface area contributed by atoms with Crippen molar-refractivity contribution in [1.82, 2.24) is 9.97 Å². The fraction of sp³-hybridized carbons (Fsp3) is 0.0909. The molecule has 0 radical (unpaired) electrons. The molecule has 0 unspecified atom stereocenters. The molecule has 2 rings (SSSR count). The van der Waals surface area contributed by atoms with Crippen molar-refractivity contribution < 1.29 is 14.4 Å². The third-order valence-electron chi connectivity index (χ3n) is 2.25. The molecule has 0 aliphatic rings. The van der Waals surface area contributed by atoms with Crippen LogP contribution in [-0.2, 0) is 0 Å². The predicted molar refractivity (Wildman–Crippen MR) is 66.2 cm³/mol. The number of hydrogen-bond acceptors (Lipinski definition) is 7. The molecule has 1 heterocycles. The molecule has 8 nitrogen and oxygen atoms in total. The lowest BCUT2D eigenvalue weighted by atomic mass is 10.3. The Bertz CT molecular complexity index is 617. The Morgan fingerprint density at radius 1 is 1.37 bits per heavy atom. The lowest BCUT2D eigenvalue weighted by Crippen LogP contribution is -2.00. The van der Waals surface area contributed by atoms with Gasteiger partial charge < -0.3 is 15.2 Å². The highest BCUT2D eigenvalue weighted by molar-refractivity contribution is 5.53. The van der Waals surface area contributed by atoms with E-state index < -0.39 is 4.92 Å². The van der Waals surface area contributed by atoms with E-state index in [0.717, 1.165) is 0 Å². The fourth-order valence-corrected chi connectivity index (χ4v) is 1.41. The quantitative estimate of drug-likeness (QED) is 0.659. The summed E-state index contributed by atoms with van der Waals surface area (Å²) in [5.41, 5.74) is 5.51. The summed E-state index contributed by atoms with van der Waals surface area (Å²) >= 11 is 0. The zero-order valence-electron chi connectivity index (χ0n) is 9.94. The van der Waals surface area contributed by atoms with Gasteiger partial charge in [-0.1, -0.05) is 6.07 Å². The van der Waals surface area contributed by atoms with Gasteiger partial charge in [0.1, 0.15) is 12.1 Å². The van der Waals surface area contributed by atoms with Crippen LogP contribution in [0.4, 0.5) is 11.5 Å². The van der Waals surface area contributed by atoms with Crippen LogP contribution in [-0.4, -0.2) is 22.0 Å². The second kappa shape index (κ2) is 5.17. The average molecular weight is 262 g/mol. The Morgan fingerprint density at radius 2 is 2.16 bits per heavy atom. The number of nitro groups is 1. The lowest BCUT2D eigenvalue weighted by molar-refractivity contribution is -0.384. The Hall–Kier alpha value is -2.90. The first kappa shape index (κ1) is 12.6. The van der Waals surface area contributed by atoms with Crippen LogP contribution in [0.3, 0.4) is 0 Å². The summed E-state index contributed by atoms with van der Waals surface area (Å²) in [6, 6.07) is 5.70. The predicted octanol–water partition coefficient (Wildman–Crippen LogP) is 1.77. The number of rotatable bonds is 4. The van der Waals surface area contributed by atoms with Crippen molar-refractivity contribution in [3.8, 4) is 17.4 Å². The molecule has 0 spiro atoms. The van der Waals surface area contributed by atoms with Crippen LogP contribution < -0.4 is 15.2 Å². The molecular weight excluding hydrogens is 252 g/mol. The maximum atomic E-state index is 10.7. The molecule has 0 saturated carbocycles. The van der Waals surface area contributed by atoms with Gasteiger partial charge in [-0.25, -0.2) is 4.98 Å². The summed E-state index contributed by atoms with van der Waals surface area (Å²) in [7, 11) is 1.40. The number of hydrogen-bond donors (Lipinski definition) is 1. The summed E-state index contributed by atoms with van der Waals surface area (Å²) in [6.45, 7) is 0. The highest BCUT2D eigenvalue weighted by Crippen LogP contribution is 2.33. The molecule has 0 fully saturated rings. The number of methoxy groups -OCH3 is 1. The van der Waals surface area contributed by atoms with E-state index in [0.29, 0.717) is 0 Å². The van der Waals surface area contributed by atoms with Crippen molar-refractivity contribution in [2.24, 2.45) is 0 Å². The number of nitrogens with two attached hydrogens (primary N) is 1. The van der Waals surface area contributed by atoms with Gasteiger partial charge in [0, 0.05) is 6.07 Å². The highest BCUT2D eigenvalue weighted by Gasteiger charge is 2.13. The van der Waals surface area contributed by atoms with Crippen LogP contribution >= 0.6 is 0 Å². The molecule has 1 aromatic carbocycles. The summed E-state index contributed by atoms with van der Waals surface area (Å²) in [5.74, 6) is 0.646. The van der Waals surface area contributed by atoms with E-state index in [2.05, 4.69) is 9.97 Å². The molecule has 0 saturated heterocycles. The summed E-state index contributed by atoms with van der Waals surface area (Å²) in [6.07, 6.45) is 1.21. The first-order chi connectivity index (χ1) is 9.11. The van der Waals surface area contributed by atoms with E-state index in [-0.39, 0.29) is 28.9 Å². The number of nitrogen functional groups attached to an aromatic ring is 1. The third kappa shape index (κ3) is 2.68. The van der Waals surface area contributed by atoms with E-state index in [1.165, 1.54) is 31.6 Å². The van der Waals surface area contributed by atoms with Gasteiger partial charge in [0.15, 0.2) is 5.82 Å². The second-order valence-corrected chi connectivity index (χ2v) is 3.45. The van der Waals surface area contributed by atoms with Crippen molar-refractivity contribution in [1.29, 1.82) is 0 Å². The molecule has 0 atom stereocenters. The van der Waals surface area contributed by atoms with Crippen molar-refractivity contribution in [2.45, 2.75) is 0 Å². The summed E-state index contributed by atoms with van der Waals surface area (Å²) in [5, 5.41) is 10.7. The number of ether oxygens (including phenoxy) is 2.